The second kappa shape index (κ2) is 9.19. The fourth-order valence-corrected chi connectivity index (χ4v) is 2.45. The Bertz CT molecular complexity index is 488. The number of pyridine rings is 1. The molecule has 22 heavy (non-hydrogen) atoms. The molecule has 1 atom stereocenters. The first-order valence-electron chi connectivity index (χ1n) is 7.75. The van der Waals surface area contributed by atoms with E-state index in [1.54, 1.807) is 18.3 Å². The van der Waals surface area contributed by atoms with Gasteiger partial charge in [-0.1, -0.05) is 6.08 Å². The van der Waals surface area contributed by atoms with Gasteiger partial charge >= 0.3 is 0 Å². The predicted molar refractivity (Wildman–Crippen MR) is 84.7 cm³/mol. The number of allylic oxidation sites excluding steroid dienone is 1. The third kappa shape index (κ3) is 5.47. The van der Waals surface area contributed by atoms with Gasteiger partial charge in [0, 0.05) is 38.5 Å². The minimum atomic E-state index is 0.0662. The van der Waals surface area contributed by atoms with E-state index < -0.39 is 0 Å². The van der Waals surface area contributed by atoms with Crippen molar-refractivity contribution in [2.24, 2.45) is 0 Å². The maximum Gasteiger partial charge on any atom is 0.213 e. The van der Waals surface area contributed by atoms with Gasteiger partial charge in [0.15, 0.2) is 0 Å². The minimum absolute atomic E-state index is 0.0662. The predicted octanol–water partition coefficient (Wildman–Crippen LogP) is 2.39. The fraction of sp³-hybridized carbons (Fsp3) is 0.529. The average Bonchev–Trinajstić information content (AvgIpc) is 2.82. The monoisotopic (exact) mass is 301 g/mol. The largest absolute Gasteiger partial charge is 0.473 e. The van der Waals surface area contributed by atoms with Gasteiger partial charge in [-0.2, -0.15) is 5.26 Å². The molecule has 1 aliphatic rings. The molecule has 0 amide bonds. The van der Waals surface area contributed by atoms with Crippen molar-refractivity contribution in [1.82, 2.24) is 9.88 Å². The van der Waals surface area contributed by atoms with Gasteiger partial charge in [-0.3, -0.25) is 4.90 Å². The van der Waals surface area contributed by atoms with Crippen molar-refractivity contribution in [2.45, 2.75) is 25.4 Å². The molecule has 118 valence electrons. The Morgan fingerprint density at radius 1 is 1.45 bits per heavy atom. The average molecular weight is 301 g/mol. The van der Waals surface area contributed by atoms with Gasteiger partial charge in [0.1, 0.15) is 12.2 Å². The van der Waals surface area contributed by atoms with E-state index in [4.69, 9.17) is 14.7 Å². The van der Waals surface area contributed by atoms with Crippen molar-refractivity contribution >= 4 is 0 Å². The molecule has 1 fully saturated rings. The summed E-state index contributed by atoms with van der Waals surface area (Å²) in [6.07, 6.45) is 6.39. The number of aromatic nitrogens is 1. The lowest BCUT2D eigenvalue weighted by Crippen LogP contribution is -2.37. The standard InChI is InChI=1S/C17H23N3O2/c1-2-3-5-16(14-20-8-4-10-21-11-9-20)22-17-7-6-15(12-18)13-19-17/h2,6-7,13,16H,1,3-5,8-11,14H2/t16-/m1/s1. The minimum Gasteiger partial charge on any atom is -0.473 e. The number of rotatable bonds is 7. The Labute approximate surface area is 132 Å². The Morgan fingerprint density at radius 3 is 3.09 bits per heavy atom. The number of ether oxygens (including phenoxy) is 2. The molecule has 0 N–H and O–H groups in total. The summed E-state index contributed by atoms with van der Waals surface area (Å²) in [7, 11) is 0. The smallest absolute Gasteiger partial charge is 0.213 e. The van der Waals surface area contributed by atoms with Crippen LogP contribution >= 0.6 is 0 Å². The normalized spacial score (nSPS) is 17.2. The summed E-state index contributed by atoms with van der Waals surface area (Å²) < 4.78 is 11.5. The zero-order valence-electron chi connectivity index (χ0n) is 12.9. The van der Waals surface area contributed by atoms with E-state index in [1.807, 2.05) is 6.08 Å². The molecule has 0 spiro atoms. The van der Waals surface area contributed by atoms with Crippen LogP contribution in [0, 0.1) is 11.3 Å². The van der Waals surface area contributed by atoms with Crippen molar-refractivity contribution in [3.05, 3.63) is 36.5 Å². The van der Waals surface area contributed by atoms with Crippen molar-refractivity contribution < 1.29 is 9.47 Å². The highest BCUT2D eigenvalue weighted by Crippen LogP contribution is 2.14. The van der Waals surface area contributed by atoms with E-state index in [1.165, 1.54) is 0 Å². The molecule has 0 radical (unpaired) electrons. The van der Waals surface area contributed by atoms with Crippen LogP contribution in [0.5, 0.6) is 5.88 Å². The molecule has 0 saturated carbocycles. The second-order valence-corrected chi connectivity index (χ2v) is 5.37. The van der Waals surface area contributed by atoms with Crippen LogP contribution in [0.25, 0.3) is 0 Å². The van der Waals surface area contributed by atoms with Crippen molar-refractivity contribution in [1.29, 1.82) is 5.26 Å². The molecule has 0 unspecified atom stereocenters. The molecule has 5 heteroatoms. The van der Waals surface area contributed by atoms with Crippen molar-refractivity contribution in [2.75, 3.05) is 32.8 Å². The Hall–Kier alpha value is -1.90. The van der Waals surface area contributed by atoms with Gasteiger partial charge in [-0.25, -0.2) is 4.98 Å². The van der Waals surface area contributed by atoms with Gasteiger partial charge in [0.05, 0.1) is 12.2 Å². The van der Waals surface area contributed by atoms with E-state index in [0.29, 0.717) is 11.4 Å². The molecule has 1 aromatic rings. The van der Waals surface area contributed by atoms with Crippen LogP contribution in [0.4, 0.5) is 0 Å². The zero-order chi connectivity index (χ0) is 15.6. The highest BCUT2D eigenvalue weighted by atomic mass is 16.5. The van der Waals surface area contributed by atoms with Crippen LogP contribution in [-0.4, -0.2) is 48.8 Å². The summed E-state index contributed by atoms with van der Waals surface area (Å²) in [5, 5.41) is 8.81. The third-order valence-electron chi connectivity index (χ3n) is 3.62. The molecule has 0 aliphatic carbocycles. The maximum atomic E-state index is 8.81. The van der Waals surface area contributed by atoms with Crippen LogP contribution in [0.15, 0.2) is 31.0 Å². The third-order valence-corrected chi connectivity index (χ3v) is 3.62. The van der Waals surface area contributed by atoms with Gasteiger partial charge in [-0.15, -0.1) is 6.58 Å². The zero-order valence-corrected chi connectivity index (χ0v) is 12.9. The van der Waals surface area contributed by atoms with Crippen LogP contribution in [0.3, 0.4) is 0 Å². The van der Waals surface area contributed by atoms with Gasteiger partial charge in [0.25, 0.3) is 0 Å². The highest BCUT2D eigenvalue weighted by molar-refractivity contribution is 5.28. The maximum absolute atomic E-state index is 8.81. The molecular formula is C17H23N3O2. The Balaban J connectivity index is 1.94. The molecule has 0 bridgehead atoms. The fourth-order valence-electron chi connectivity index (χ4n) is 2.45. The van der Waals surface area contributed by atoms with Crippen LogP contribution in [0.1, 0.15) is 24.8 Å². The quantitative estimate of drug-likeness (QED) is 0.724. The van der Waals surface area contributed by atoms with E-state index in [-0.39, 0.29) is 6.10 Å². The van der Waals surface area contributed by atoms with Gasteiger partial charge in [-0.05, 0) is 25.3 Å². The summed E-state index contributed by atoms with van der Waals surface area (Å²) in [5.41, 5.74) is 0.541. The molecule has 1 aromatic heterocycles. The summed E-state index contributed by atoms with van der Waals surface area (Å²) in [6.45, 7) is 8.24. The second-order valence-electron chi connectivity index (χ2n) is 5.37. The topological polar surface area (TPSA) is 58.4 Å². The lowest BCUT2D eigenvalue weighted by atomic mass is 10.1. The summed E-state index contributed by atoms with van der Waals surface area (Å²) in [6, 6.07) is 5.54. The van der Waals surface area contributed by atoms with Crippen LogP contribution in [-0.2, 0) is 4.74 Å². The lowest BCUT2D eigenvalue weighted by molar-refractivity contribution is 0.109. The first-order valence-corrected chi connectivity index (χ1v) is 7.75. The molecule has 0 aromatic carbocycles. The van der Waals surface area contributed by atoms with E-state index in [9.17, 15) is 0 Å². The van der Waals surface area contributed by atoms with Crippen LogP contribution in [0.2, 0.25) is 0 Å². The Kier molecular flexibility index (Phi) is 6.88. The summed E-state index contributed by atoms with van der Waals surface area (Å²) in [4.78, 5) is 6.57. The number of hydrogen-bond acceptors (Lipinski definition) is 5. The lowest BCUT2D eigenvalue weighted by Gasteiger charge is -2.26. The summed E-state index contributed by atoms with van der Waals surface area (Å²) >= 11 is 0. The van der Waals surface area contributed by atoms with Gasteiger partial charge < -0.3 is 9.47 Å². The number of nitriles is 1. The van der Waals surface area contributed by atoms with Crippen molar-refractivity contribution in [3.63, 3.8) is 0 Å². The summed E-state index contributed by atoms with van der Waals surface area (Å²) in [5.74, 6) is 0.569. The van der Waals surface area contributed by atoms with Crippen LogP contribution < -0.4 is 4.74 Å². The Morgan fingerprint density at radius 2 is 2.36 bits per heavy atom. The number of nitrogens with zero attached hydrogens (tertiary/aromatic N) is 3. The highest BCUT2D eigenvalue weighted by Gasteiger charge is 2.17. The molecule has 2 rings (SSSR count). The molecule has 5 nitrogen and oxygen atoms in total. The van der Waals surface area contributed by atoms with E-state index in [2.05, 4.69) is 22.5 Å². The molecule has 1 aliphatic heterocycles. The SMILES string of the molecule is C=CCC[C@H](CN1CCCOCC1)Oc1ccc(C#N)cn1. The van der Waals surface area contributed by atoms with Gasteiger partial charge in [0.2, 0.25) is 5.88 Å². The van der Waals surface area contributed by atoms with Crippen molar-refractivity contribution in [3.8, 4) is 11.9 Å². The molecule has 2 heterocycles. The first kappa shape index (κ1) is 16.5. The number of hydrogen-bond donors (Lipinski definition) is 0. The first-order chi connectivity index (χ1) is 10.8. The van der Waals surface area contributed by atoms with E-state index >= 15 is 0 Å². The van der Waals surface area contributed by atoms with E-state index in [0.717, 1.165) is 52.1 Å². The molecule has 1 saturated heterocycles. The molecular weight excluding hydrogens is 278 g/mol.